The average molecular weight is 559 g/mol. The van der Waals surface area contributed by atoms with Crippen LogP contribution in [0.3, 0.4) is 0 Å². The number of ether oxygens (including phenoxy) is 1. The van der Waals surface area contributed by atoms with Crippen molar-refractivity contribution in [3.8, 4) is 0 Å². The largest absolute Gasteiger partial charge is 0.390 e. The molecule has 0 aliphatic carbocycles. The first kappa shape index (κ1) is 33.0. The third kappa shape index (κ3) is 10.4. The van der Waals surface area contributed by atoms with Crippen LogP contribution in [-0.2, 0) is 10.3 Å². The standard InChI is InChI=1S/C38H54O3/c1-3-4-5-6-7-8-9-10-11-12-13-17-24-32(2)37(40)36(39)31-41-38(33-25-18-14-19-26-33,34-27-20-15-21-28-34)35-29-22-16-23-30-35/h14-16,18-23,25-30,32,36-37,39-40H,3-13,17,24,31H2,1-2H3/t32?,36-,37?/m0/s1. The van der Waals surface area contributed by atoms with E-state index < -0.39 is 17.8 Å². The van der Waals surface area contributed by atoms with Gasteiger partial charge in [0.05, 0.1) is 12.7 Å². The predicted molar refractivity (Wildman–Crippen MR) is 172 cm³/mol. The number of hydrogen-bond acceptors (Lipinski definition) is 3. The molecular formula is C38H54O3. The van der Waals surface area contributed by atoms with Gasteiger partial charge in [0.15, 0.2) is 0 Å². The van der Waals surface area contributed by atoms with Crippen LogP contribution in [0.5, 0.6) is 0 Å². The molecule has 0 aliphatic rings. The number of rotatable bonds is 21. The van der Waals surface area contributed by atoms with Gasteiger partial charge < -0.3 is 14.9 Å². The highest BCUT2D eigenvalue weighted by Gasteiger charge is 2.38. The first-order chi connectivity index (χ1) is 20.1. The van der Waals surface area contributed by atoms with E-state index in [9.17, 15) is 10.2 Å². The second-order valence-corrected chi connectivity index (χ2v) is 11.8. The molecule has 41 heavy (non-hydrogen) atoms. The van der Waals surface area contributed by atoms with Crippen LogP contribution < -0.4 is 0 Å². The minimum atomic E-state index is -0.974. The lowest BCUT2D eigenvalue weighted by molar-refractivity contribution is -0.0918. The molecule has 3 aromatic rings. The quantitative estimate of drug-likeness (QED) is 0.101. The lowest BCUT2D eigenvalue weighted by Crippen LogP contribution is -2.41. The van der Waals surface area contributed by atoms with E-state index in [2.05, 4.69) is 43.3 Å². The Bertz CT molecular complexity index is 940. The van der Waals surface area contributed by atoms with Crippen molar-refractivity contribution in [2.75, 3.05) is 6.61 Å². The van der Waals surface area contributed by atoms with Crippen LogP contribution in [0.25, 0.3) is 0 Å². The topological polar surface area (TPSA) is 49.7 Å². The third-order valence-corrected chi connectivity index (χ3v) is 8.50. The van der Waals surface area contributed by atoms with Gasteiger partial charge in [-0.1, -0.05) is 182 Å². The highest BCUT2D eigenvalue weighted by Crippen LogP contribution is 2.40. The zero-order valence-electron chi connectivity index (χ0n) is 25.6. The van der Waals surface area contributed by atoms with Crippen molar-refractivity contribution in [3.63, 3.8) is 0 Å². The van der Waals surface area contributed by atoms with E-state index in [-0.39, 0.29) is 12.5 Å². The van der Waals surface area contributed by atoms with E-state index in [1.54, 1.807) is 0 Å². The predicted octanol–water partition coefficient (Wildman–Crippen LogP) is 9.44. The number of aliphatic hydroxyl groups is 2. The number of benzene rings is 3. The lowest BCUT2D eigenvalue weighted by Gasteiger charge is -2.37. The molecule has 3 nitrogen and oxygen atoms in total. The molecule has 0 aromatic heterocycles. The maximum atomic E-state index is 11.1. The third-order valence-electron chi connectivity index (χ3n) is 8.50. The highest BCUT2D eigenvalue weighted by atomic mass is 16.5. The first-order valence-electron chi connectivity index (χ1n) is 16.3. The molecule has 3 atom stereocenters. The van der Waals surface area contributed by atoms with Gasteiger partial charge in [0, 0.05) is 0 Å². The lowest BCUT2D eigenvalue weighted by atomic mass is 9.80. The monoisotopic (exact) mass is 558 g/mol. The second kappa shape index (κ2) is 18.9. The summed E-state index contributed by atoms with van der Waals surface area (Å²) in [5.74, 6) is 0.0105. The number of hydrogen-bond donors (Lipinski definition) is 2. The van der Waals surface area contributed by atoms with Gasteiger partial charge in [0.25, 0.3) is 0 Å². The summed E-state index contributed by atoms with van der Waals surface area (Å²) in [6.45, 7) is 4.35. The van der Waals surface area contributed by atoms with Crippen molar-refractivity contribution in [1.82, 2.24) is 0 Å². The maximum absolute atomic E-state index is 11.1. The van der Waals surface area contributed by atoms with E-state index in [4.69, 9.17) is 4.74 Å². The first-order valence-corrected chi connectivity index (χ1v) is 16.3. The molecule has 3 aromatic carbocycles. The Morgan fingerprint density at radius 2 is 0.927 bits per heavy atom. The summed E-state index contributed by atoms with van der Waals surface area (Å²) in [6.07, 6.45) is 14.9. The Morgan fingerprint density at radius 1 is 0.561 bits per heavy atom. The number of aliphatic hydroxyl groups excluding tert-OH is 2. The van der Waals surface area contributed by atoms with Crippen LogP contribution in [0, 0.1) is 5.92 Å². The Kier molecular flexibility index (Phi) is 15.2. The molecule has 2 unspecified atom stereocenters. The molecule has 224 valence electrons. The van der Waals surface area contributed by atoms with E-state index in [0.29, 0.717) is 0 Å². The number of unbranched alkanes of at least 4 members (excludes halogenated alkanes) is 11. The summed E-state index contributed by atoms with van der Waals surface area (Å²) < 4.78 is 6.73. The molecule has 0 heterocycles. The fraction of sp³-hybridized carbons (Fsp3) is 0.526. The van der Waals surface area contributed by atoms with Crippen molar-refractivity contribution in [2.24, 2.45) is 5.92 Å². The Hall–Kier alpha value is -2.46. The fourth-order valence-electron chi connectivity index (χ4n) is 5.93. The smallest absolute Gasteiger partial charge is 0.143 e. The summed E-state index contributed by atoms with van der Waals surface area (Å²) in [4.78, 5) is 0. The van der Waals surface area contributed by atoms with Crippen LogP contribution in [0.2, 0.25) is 0 Å². The van der Waals surface area contributed by atoms with Gasteiger partial charge in [-0.2, -0.15) is 0 Å². The average Bonchev–Trinajstić information content (AvgIpc) is 3.03. The van der Waals surface area contributed by atoms with Gasteiger partial charge in [0.1, 0.15) is 11.7 Å². The molecule has 3 rings (SSSR count). The van der Waals surface area contributed by atoms with Gasteiger partial charge >= 0.3 is 0 Å². The molecule has 0 fully saturated rings. The maximum Gasteiger partial charge on any atom is 0.143 e. The normalized spacial score (nSPS) is 14.0. The summed E-state index contributed by atoms with van der Waals surface area (Å²) in [5, 5.41) is 22.2. The van der Waals surface area contributed by atoms with Crippen LogP contribution in [-0.4, -0.2) is 29.0 Å². The van der Waals surface area contributed by atoms with Gasteiger partial charge in [-0.3, -0.25) is 0 Å². The van der Waals surface area contributed by atoms with E-state index >= 15 is 0 Å². The molecule has 3 heteroatoms. The Morgan fingerprint density at radius 3 is 1.32 bits per heavy atom. The molecule has 0 spiro atoms. The molecular weight excluding hydrogens is 504 g/mol. The van der Waals surface area contributed by atoms with Crippen LogP contribution in [0.1, 0.15) is 114 Å². The molecule has 0 radical (unpaired) electrons. The molecule has 0 saturated carbocycles. The molecule has 0 amide bonds. The fourth-order valence-corrected chi connectivity index (χ4v) is 5.93. The summed E-state index contributed by atoms with van der Waals surface area (Å²) in [5.41, 5.74) is 2.07. The minimum Gasteiger partial charge on any atom is -0.390 e. The Balaban J connectivity index is 1.51. The minimum absolute atomic E-state index is 0.0105. The van der Waals surface area contributed by atoms with Crippen molar-refractivity contribution in [2.45, 2.75) is 115 Å². The van der Waals surface area contributed by atoms with Gasteiger partial charge in [0.2, 0.25) is 0 Å². The SMILES string of the molecule is CCCCCCCCCCCCCCC(C)C(O)[C@@H](O)COC(c1ccccc1)(c1ccccc1)c1ccccc1. The zero-order valence-corrected chi connectivity index (χ0v) is 25.6. The molecule has 0 aliphatic heterocycles. The summed E-state index contributed by atoms with van der Waals surface area (Å²) in [7, 11) is 0. The van der Waals surface area contributed by atoms with Gasteiger partial charge in [-0.05, 0) is 29.0 Å². The molecule has 0 saturated heterocycles. The van der Waals surface area contributed by atoms with Crippen molar-refractivity contribution in [1.29, 1.82) is 0 Å². The van der Waals surface area contributed by atoms with Crippen LogP contribution >= 0.6 is 0 Å². The van der Waals surface area contributed by atoms with E-state index in [1.807, 2.05) is 61.5 Å². The van der Waals surface area contributed by atoms with Gasteiger partial charge in [-0.25, -0.2) is 0 Å². The van der Waals surface area contributed by atoms with Crippen molar-refractivity contribution >= 4 is 0 Å². The summed E-state index contributed by atoms with van der Waals surface area (Å²) >= 11 is 0. The second-order valence-electron chi connectivity index (χ2n) is 11.8. The van der Waals surface area contributed by atoms with E-state index in [0.717, 1.165) is 29.5 Å². The molecule has 2 N–H and O–H groups in total. The Labute approximate surface area is 250 Å². The molecule has 0 bridgehead atoms. The highest BCUT2D eigenvalue weighted by molar-refractivity contribution is 5.47. The van der Waals surface area contributed by atoms with Crippen LogP contribution in [0.15, 0.2) is 91.0 Å². The van der Waals surface area contributed by atoms with Gasteiger partial charge in [-0.15, -0.1) is 0 Å². The van der Waals surface area contributed by atoms with Crippen LogP contribution in [0.4, 0.5) is 0 Å². The summed E-state index contributed by atoms with van der Waals surface area (Å²) in [6, 6.07) is 30.5. The van der Waals surface area contributed by atoms with E-state index in [1.165, 1.54) is 70.6 Å². The van der Waals surface area contributed by atoms with Crippen molar-refractivity contribution in [3.05, 3.63) is 108 Å². The zero-order chi connectivity index (χ0) is 29.2. The van der Waals surface area contributed by atoms with Crippen molar-refractivity contribution < 1.29 is 14.9 Å².